The Labute approximate surface area is 164 Å². The number of carbonyl (C=O) groups excluding carboxylic acids is 1. The van der Waals surface area contributed by atoms with Gasteiger partial charge in [-0.1, -0.05) is 18.3 Å². The van der Waals surface area contributed by atoms with Crippen molar-refractivity contribution in [2.45, 2.75) is 26.8 Å². The second-order valence-corrected chi connectivity index (χ2v) is 7.07. The molecule has 28 heavy (non-hydrogen) atoms. The van der Waals surface area contributed by atoms with Crippen LogP contribution < -0.4 is 15.7 Å². The molecule has 3 heterocycles. The molecule has 3 aromatic heterocycles. The first-order chi connectivity index (χ1) is 13.4. The van der Waals surface area contributed by atoms with Crippen LogP contribution >= 0.6 is 11.3 Å². The third-order valence-electron chi connectivity index (χ3n) is 4.39. The van der Waals surface area contributed by atoms with Gasteiger partial charge in [0.25, 0.3) is 11.5 Å². The van der Waals surface area contributed by atoms with Crippen molar-refractivity contribution in [2.75, 3.05) is 6.54 Å². The molecule has 1 amide bonds. The number of amides is 1. The first-order valence-corrected chi connectivity index (χ1v) is 9.62. The number of aryl methyl sites for hydroxylation is 2. The Bertz CT molecular complexity index is 1130. The molecular weight excluding hydrogens is 380 g/mol. The molecule has 0 atom stereocenters. The second kappa shape index (κ2) is 8.22. The topological polar surface area (TPSA) is 117 Å². The van der Waals surface area contributed by atoms with Crippen LogP contribution in [0.3, 0.4) is 0 Å². The molecule has 0 aliphatic carbocycles. The van der Waals surface area contributed by atoms with Gasteiger partial charge in [-0.3, -0.25) is 23.9 Å². The van der Waals surface area contributed by atoms with Crippen LogP contribution in [-0.4, -0.2) is 32.1 Å². The van der Waals surface area contributed by atoms with Gasteiger partial charge < -0.3 is 15.4 Å². The lowest BCUT2D eigenvalue weighted by Crippen LogP contribution is -2.29. The minimum absolute atomic E-state index is 0.113. The molecule has 9 heteroatoms. The van der Waals surface area contributed by atoms with E-state index in [1.54, 1.807) is 19.2 Å². The van der Waals surface area contributed by atoms with Gasteiger partial charge in [-0.05, 0) is 25.5 Å². The first-order valence-electron chi connectivity index (χ1n) is 8.74. The predicted octanol–water partition coefficient (Wildman–Crippen LogP) is 1.67. The number of H-pyrrole nitrogens is 1. The number of carbonyl (C=O) groups is 1. The monoisotopic (exact) mass is 400 g/mol. The molecule has 0 aliphatic rings. The van der Waals surface area contributed by atoms with Crippen molar-refractivity contribution in [1.82, 2.24) is 19.9 Å². The molecule has 0 bridgehead atoms. The van der Waals surface area contributed by atoms with E-state index >= 15 is 0 Å². The van der Waals surface area contributed by atoms with Crippen molar-refractivity contribution >= 4 is 17.2 Å². The number of hydrogen-bond acceptors (Lipinski definition) is 6. The summed E-state index contributed by atoms with van der Waals surface area (Å²) >= 11 is 0.901. The number of hydrogen-bond donors (Lipinski definition) is 3. The van der Waals surface area contributed by atoms with E-state index in [9.17, 15) is 19.5 Å². The summed E-state index contributed by atoms with van der Waals surface area (Å²) in [5, 5.41) is 13.7. The highest BCUT2D eigenvalue weighted by molar-refractivity contribution is 7.07. The Hall–Kier alpha value is -3.20. The fourth-order valence-corrected chi connectivity index (χ4v) is 3.50. The lowest BCUT2D eigenvalue weighted by Gasteiger charge is -2.10. The number of nitrogens with one attached hydrogen (secondary N) is 2. The molecule has 0 saturated carbocycles. The van der Waals surface area contributed by atoms with E-state index in [0.717, 1.165) is 22.5 Å². The van der Waals surface area contributed by atoms with Gasteiger partial charge in [0.2, 0.25) is 5.88 Å². The van der Waals surface area contributed by atoms with Crippen LogP contribution in [0.1, 0.15) is 28.5 Å². The molecule has 0 saturated heterocycles. The van der Waals surface area contributed by atoms with Crippen molar-refractivity contribution in [1.29, 1.82) is 0 Å². The third-order valence-corrected chi connectivity index (χ3v) is 5.14. The molecule has 0 radical (unpaired) electrons. The Balaban J connectivity index is 1.77. The van der Waals surface area contributed by atoms with E-state index < -0.39 is 0 Å². The molecule has 0 spiro atoms. The quantitative estimate of drug-likeness (QED) is 0.582. The van der Waals surface area contributed by atoms with Crippen LogP contribution in [0.4, 0.5) is 0 Å². The lowest BCUT2D eigenvalue weighted by atomic mass is 10.0. The van der Waals surface area contributed by atoms with Crippen molar-refractivity contribution in [3.05, 3.63) is 66.7 Å². The van der Waals surface area contributed by atoms with E-state index in [4.69, 9.17) is 0 Å². The molecule has 146 valence electrons. The summed E-state index contributed by atoms with van der Waals surface area (Å²) in [6.07, 6.45) is 3.69. The Morgan fingerprint density at radius 1 is 1.32 bits per heavy atom. The highest BCUT2D eigenvalue weighted by Crippen LogP contribution is 2.22. The van der Waals surface area contributed by atoms with E-state index in [-0.39, 0.29) is 35.3 Å². The van der Waals surface area contributed by atoms with E-state index in [1.807, 2.05) is 13.0 Å². The van der Waals surface area contributed by atoms with Crippen LogP contribution in [-0.2, 0) is 13.0 Å². The molecular formula is C19H20N4O4S. The third kappa shape index (κ3) is 4.04. The average molecular weight is 400 g/mol. The zero-order valence-corrected chi connectivity index (χ0v) is 16.3. The molecule has 0 unspecified atom stereocenters. The summed E-state index contributed by atoms with van der Waals surface area (Å²) in [6, 6.07) is 3.52. The first kappa shape index (κ1) is 19.6. The summed E-state index contributed by atoms with van der Waals surface area (Å²) in [5.41, 5.74) is 3.15. The maximum Gasteiger partial charge on any atom is 0.310 e. The molecule has 0 fully saturated rings. The molecule has 0 aliphatic heterocycles. The van der Waals surface area contributed by atoms with Crippen molar-refractivity contribution < 1.29 is 9.90 Å². The van der Waals surface area contributed by atoms with Crippen LogP contribution in [0.2, 0.25) is 0 Å². The number of rotatable bonds is 6. The normalized spacial score (nSPS) is 10.8. The van der Waals surface area contributed by atoms with E-state index in [1.165, 1.54) is 16.1 Å². The summed E-state index contributed by atoms with van der Waals surface area (Å²) in [5.74, 6) is -0.455. The van der Waals surface area contributed by atoms with Gasteiger partial charge in [0, 0.05) is 47.9 Å². The maximum atomic E-state index is 12.4. The summed E-state index contributed by atoms with van der Waals surface area (Å²) < 4.78 is 1.19. The van der Waals surface area contributed by atoms with Crippen molar-refractivity contribution in [3.8, 4) is 17.0 Å². The lowest BCUT2D eigenvalue weighted by molar-refractivity contribution is 0.0951. The molecule has 3 N–H and O–H groups in total. The van der Waals surface area contributed by atoms with Crippen LogP contribution in [0.5, 0.6) is 5.88 Å². The fraction of sp³-hybridized carbons (Fsp3) is 0.263. The molecule has 0 aromatic carbocycles. The van der Waals surface area contributed by atoms with Crippen molar-refractivity contribution in [3.63, 3.8) is 0 Å². The maximum absolute atomic E-state index is 12.4. The van der Waals surface area contributed by atoms with Crippen LogP contribution in [0, 0.1) is 6.92 Å². The Morgan fingerprint density at radius 2 is 2.11 bits per heavy atom. The highest BCUT2D eigenvalue weighted by Gasteiger charge is 2.12. The minimum atomic E-state index is -0.338. The van der Waals surface area contributed by atoms with E-state index in [2.05, 4.69) is 15.3 Å². The van der Waals surface area contributed by atoms with Gasteiger partial charge in [-0.15, -0.1) is 0 Å². The Morgan fingerprint density at radius 3 is 2.79 bits per heavy atom. The number of nitrogens with zero attached hydrogens (tertiary/aromatic N) is 2. The highest BCUT2D eigenvalue weighted by atomic mass is 32.1. The number of aromatic amines is 1. The number of pyridine rings is 2. The van der Waals surface area contributed by atoms with Crippen LogP contribution in [0.15, 0.2) is 39.5 Å². The fourth-order valence-electron chi connectivity index (χ4n) is 2.85. The zero-order chi connectivity index (χ0) is 20.3. The number of aromatic hydroxyl groups is 1. The molecule has 8 nitrogen and oxygen atoms in total. The average Bonchev–Trinajstić information content (AvgIpc) is 3.00. The predicted molar refractivity (Wildman–Crippen MR) is 107 cm³/mol. The minimum Gasteiger partial charge on any atom is -0.494 e. The van der Waals surface area contributed by atoms with Gasteiger partial charge in [-0.2, -0.15) is 0 Å². The second-order valence-electron chi connectivity index (χ2n) is 6.25. The largest absolute Gasteiger partial charge is 0.494 e. The van der Waals surface area contributed by atoms with Gasteiger partial charge >= 0.3 is 4.87 Å². The van der Waals surface area contributed by atoms with Crippen LogP contribution in [0.25, 0.3) is 11.1 Å². The van der Waals surface area contributed by atoms with Gasteiger partial charge in [0.05, 0.1) is 10.9 Å². The zero-order valence-electron chi connectivity index (χ0n) is 15.5. The van der Waals surface area contributed by atoms with Gasteiger partial charge in [0.15, 0.2) is 0 Å². The Kier molecular flexibility index (Phi) is 5.74. The van der Waals surface area contributed by atoms with Gasteiger partial charge in [-0.25, -0.2) is 0 Å². The van der Waals surface area contributed by atoms with E-state index in [0.29, 0.717) is 23.2 Å². The summed E-state index contributed by atoms with van der Waals surface area (Å²) in [7, 11) is 0. The van der Waals surface area contributed by atoms with Crippen molar-refractivity contribution in [2.24, 2.45) is 0 Å². The summed E-state index contributed by atoms with van der Waals surface area (Å²) in [6.45, 7) is 4.06. The standard InChI is InChI=1S/C19H20N4O4S/c1-3-12-7-15(11(2)22-18(12)26)13-6-14(9-20-8-13)17(25)21-4-5-23-16(24)10-28-19(23)27/h6-10,24H,3-5H2,1-2H3,(H,21,25)(H,22,26). The summed E-state index contributed by atoms with van der Waals surface area (Å²) in [4.78, 5) is 42.6. The van der Waals surface area contributed by atoms with Gasteiger partial charge in [0.1, 0.15) is 0 Å². The molecule has 3 rings (SSSR count). The number of thiazole rings is 1. The number of aromatic nitrogens is 3. The molecule has 3 aromatic rings. The SMILES string of the molecule is CCc1cc(-c2cncc(C(=O)NCCn3c(O)csc3=O)c2)c(C)[nH]c1=O. The smallest absolute Gasteiger partial charge is 0.310 e.